The van der Waals surface area contributed by atoms with Gasteiger partial charge in [0.1, 0.15) is 0 Å². The summed E-state index contributed by atoms with van der Waals surface area (Å²) in [5.41, 5.74) is 1.17. The molecule has 1 unspecified atom stereocenters. The van der Waals surface area contributed by atoms with Crippen LogP contribution in [0.25, 0.3) is 0 Å². The van der Waals surface area contributed by atoms with Gasteiger partial charge in [-0.2, -0.15) is 0 Å². The van der Waals surface area contributed by atoms with Gasteiger partial charge in [0.15, 0.2) is 11.5 Å². The van der Waals surface area contributed by atoms with Crippen LogP contribution >= 0.6 is 0 Å². The molecule has 0 aliphatic rings. The summed E-state index contributed by atoms with van der Waals surface area (Å²) in [5, 5.41) is 3.46. The molecule has 0 radical (unpaired) electrons. The predicted molar refractivity (Wildman–Crippen MR) is 86.3 cm³/mol. The average Bonchev–Trinajstić information content (AvgIpc) is 2.49. The van der Waals surface area contributed by atoms with E-state index < -0.39 is 0 Å². The predicted octanol–water partition coefficient (Wildman–Crippen LogP) is 3.56. The average molecular weight is 295 g/mol. The van der Waals surface area contributed by atoms with Gasteiger partial charge in [-0.3, -0.25) is 0 Å². The van der Waals surface area contributed by atoms with Crippen LogP contribution in [0.15, 0.2) is 18.2 Å². The molecule has 4 nitrogen and oxygen atoms in total. The Kier molecular flexibility index (Phi) is 8.87. The fourth-order valence-corrected chi connectivity index (χ4v) is 2.15. The quantitative estimate of drug-likeness (QED) is 0.634. The zero-order chi connectivity index (χ0) is 15.5. The van der Waals surface area contributed by atoms with Crippen LogP contribution in [0.2, 0.25) is 0 Å². The Balaban J connectivity index is 2.88. The Hall–Kier alpha value is -1.26. The minimum absolute atomic E-state index is 0.177. The van der Waals surface area contributed by atoms with E-state index in [-0.39, 0.29) is 6.04 Å². The van der Waals surface area contributed by atoms with Gasteiger partial charge >= 0.3 is 0 Å². The van der Waals surface area contributed by atoms with E-state index in [1.807, 2.05) is 19.9 Å². The van der Waals surface area contributed by atoms with Crippen molar-refractivity contribution in [2.75, 3.05) is 33.0 Å². The first-order valence-electron chi connectivity index (χ1n) is 7.97. The molecule has 0 aliphatic carbocycles. The number of likely N-dealkylation sites (N-methyl/N-ethyl adjacent to an activating group) is 1. The maximum absolute atomic E-state index is 5.69. The third kappa shape index (κ3) is 5.94. The molecule has 0 aliphatic heterocycles. The monoisotopic (exact) mass is 295 g/mol. The lowest BCUT2D eigenvalue weighted by Crippen LogP contribution is -2.25. The normalized spacial score (nSPS) is 12.2. The van der Waals surface area contributed by atoms with Crippen LogP contribution in [0.4, 0.5) is 0 Å². The van der Waals surface area contributed by atoms with Crippen molar-refractivity contribution in [1.29, 1.82) is 0 Å². The minimum Gasteiger partial charge on any atom is -0.490 e. The van der Waals surface area contributed by atoms with Crippen molar-refractivity contribution in [2.45, 2.75) is 40.2 Å². The van der Waals surface area contributed by atoms with E-state index in [9.17, 15) is 0 Å². The summed E-state index contributed by atoms with van der Waals surface area (Å²) < 4.78 is 17.0. The van der Waals surface area contributed by atoms with Gasteiger partial charge in [0.2, 0.25) is 0 Å². The maximum Gasteiger partial charge on any atom is 0.161 e. The van der Waals surface area contributed by atoms with Crippen LogP contribution < -0.4 is 14.8 Å². The summed E-state index contributed by atoms with van der Waals surface area (Å²) in [7, 11) is 0. The maximum atomic E-state index is 5.69. The van der Waals surface area contributed by atoms with Gasteiger partial charge in [0.05, 0.1) is 25.9 Å². The van der Waals surface area contributed by atoms with E-state index in [4.69, 9.17) is 14.2 Å². The van der Waals surface area contributed by atoms with Gasteiger partial charge in [-0.15, -0.1) is 0 Å². The number of ether oxygens (including phenoxy) is 3. The van der Waals surface area contributed by atoms with E-state index >= 15 is 0 Å². The highest BCUT2D eigenvalue weighted by Gasteiger charge is 2.14. The summed E-state index contributed by atoms with van der Waals surface area (Å²) >= 11 is 0. The third-order valence-electron chi connectivity index (χ3n) is 3.05. The topological polar surface area (TPSA) is 39.7 Å². The highest BCUT2D eigenvalue weighted by atomic mass is 16.5. The fraction of sp³-hybridized carbons (Fsp3) is 0.647. The number of rotatable bonds is 11. The molecule has 0 saturated carbocycles. The first kappa shape index (κ1) is 17.8. The van der Waals surface area contributed by atoms with E-state index in [1.165, 1.54) is 5.56 Å². The van der Waals surface area contributed by atoms with Crippen molar-refractivity contribution in [1.82, 2.24) is 5.32 Å². The molecule has 0 bridgehead atoms. The molecular weight excluding hydrogens is 266 g/mol. The van der Waals surface area contributed by atoms with Crippen molar-refractivity contribution < 1.29 is 14.2 Å². The van der Waals surface area contributed by atoms with Crippen LogP contribution in [0.3, 0.4) is 0 Å². The number of hydrogen-bond acceptors (Lipinski definition) is 4. The van der Waals surface area contributed by atoms with Gasteiger partial charge in [-0.1, -0.05) is 19.9 Å². The van der Waals surface area contributed by atoms with E-state index in [2.05, 4.69) is 31.3 Å². The Morgan fingerprint density at radius 3 is 2.33 bits per heavy atom. The second-order valence-electron chi connectivity index (χ2n) is 4.76. The molecule has 4 heteroatoms. The van der Waals surface area contributed by atoms with Gasteiger partial charge in [0.25, 0.3) is 0 Å². The Morgan fingerprint density at radius 1 is 1.00 bits per heavy atom. The Bertz CT molecular complexity index is 396. The van der Waals surface area contributed by atoms with Crippen LogP contribution in [-0.2, 0) is 4.74 Å². The molecule has 0 saturated heterocycles. The number of nitrogens with one attached hydrogen (secondary N) is 1. The van der Waals surface area contributed by atoms with E-state index in [0.29, 0.717) is 19.8 Å². The second kappa shape index (κ2) is 10.5. The van der Waals surface area contributed by atoms with Crippen molar-refractivity contribution >= 4 is 0 Å². The largest absolute Gasteiger partial charge is 0.490 e. The Morgan fingerprint density at radius 2 is 1.71 bits per heavy atom. The molecule has 120 valence electrons. The highest BCUT2D eigenvalue weighted by molar-refractivity contribution is 5.44. The molecule has 1 N–H and O–H groups in total. The number of benzene rings is 1. The van der Waals surface area contributed by atoms with Gasteiger partial charge < -0.3 is 19.5 Å². The molecule has 1 aromatic rings. The molecular formula is C17H29NO3. The van der Waals surface area contributed by atoms with Crippen LogP contribution in [-0.4, -0.2) is 33.0 Å². The lowest BCUT2D eigenvalue weighted by Gasteiger charge is -2.20. The van der Waals surface area contributed by atoms with Crippen molar-refractivity contribution in [2.24, 2.45) is 0 Å². The minimum atomic E-state index is 0.177. The summed E-state index contributed by atoms with van der Waals surface area (Å²) in [6, 6.07) is 6.29. The molecule has 0 aromatic heterocycles. The first-order valence-corrected chi connectivity index (χ1v) is 7.97. The van der Waals surface area contributed by atoms with Crippen LogP contribution in [0.5, 0.6) is 11.5 Å². The molecule has 0 heterocycles. The van der Waals surface area contributed by atoms with Gasteiger partial charge in [-0.05, 0) is 44.5 Å². The zero-order valence-corrected chi connectivity index (χ0v) is 13.8. The molecule has 1 atom stereocenters. The molecule has 0 amide bonds. The van der Waals surface area contributed by atoms with Gasteiger partial charge in [0, 0.05) is 6.61 Å². The molecule has 1 rings (SSSR count). The zero-order valence-electron chi connectivity index (χ0n) is 13.8. The molecule has 1 aromatic carbocycles. The SMILES string of the molecule is CCCOCC(NCC)c1ccc(OCC)c(OCC)c1. The van der Waals surface area contributed by atoms with Gasteiger partial charge in [-0.25, -0.2) is 0 Å². The first-order chi connectivity index (χ1) is 10.3. The fourth-order valence-electron chi connectivity index (χ4n) is 2.15. The second-order valence-corrected chi connectivity index (χ2v) is 4.76. The lowest BCUT2D eigenvalue weighted by molar-refractivity contribution is 0.112. The molecule has 0 spiro atoms. The van der Waals surface area contributed by atoms with Crippen LogP contribution in [0.1, 0.15) is 45.7 Å². The smallest absolute Gasteiger partial charge is 0.161 e. The summed E-state index contributed by atoms with van der Waals surface area (Å²) in [4.78, 5) is 0. The standard InChI is InChI=1S/C17H29NO3/c1-5-11-19-13-15(18-6-2)14-9-10-16(20-7-3)17(12-14)21-8-4/h9-10,12,15,18H,5-8,11,13H2,1-4H3. The van der Waals surface area contributed by atoms with E-state index in [1.54, 1.807) is 0 Å². The number of hydrogen-bond donors (Lipinski definition) is 1. The Labute approximate surface area is 128 Å². The third-order valence-corrected chi connectivity index (χ3v) is 3.05. The highest BCUT2D eigenvalue weighted by Crippen LogP contribution is 2.30. The van der Waals surface area contributed by atoms with E-state index in [0.717, 1.165) is 31.1 Å². The lowest BCUT2D eigenvalue weighted by atomic mass is 10.1. The molecule has 21 heavy (non-hydrogen) atoms. The van der Waals surface area contributed by atoms with Crippen molar-refractivity contribution in [3.63, 3.8) is 0 Å². The van der Waals surface area contributed by atoms with Crippen molar-refractivity contribution in [3.8, 4) is 11.5 Å². The molecule has 0 fully saturated rings. The van der Waals surface area contributed by atoms with Crippen molar-refractivity contribution in [3.05, 3.63) is 23.8 Å². The summed E-state index contributed by atoms with van der Waals surface area (Å²) in [5.74, 6) is 1.60. The summed E-state index contributed by atoms with van der Waals surface area (Å²) in [6.07, 6.45) is 1.03. The van der Waals surface area contributed by atoms with Crippen LogP contribution in [0, 0.1) is 0 Å². The summed E-state index contributed by atoms with van der Waals surface area (Å²) in [6.45, 7) is 11.8.